The Morgan fingerprint density at radius 1 is 1.27 bits per heavy atom. The first-order chi connectivity index (χ1) is 6.48. The van der Waals surface area contributed by atoms with E-state index in [0.29, 0.717) is 0 Å². The lowest BCUT2D eigenvalue weighted by Gasteiger charge is -2.24. The molecule has 0 aliphatic carbocycles. The summed E-state index contributed by atoms with van der Waals surface area (Å²) in [5.74, 6) is -2.03. The predicted molar refractivity (Wildman–Crippen MR) is 50.3 cm³/mol. The van der Waals surface area contributed by atoms with Gasteiger partial charge in [0, 0.05) is 0 Å². The molecule has 7 heteroatoms. The smallest absolute Gasteiger partial charge is 0.440 e. The molecular formula is C8H14F2O4S. The van der Waals surface area contributed by atoms with E-state index in [1.54, 1.807) is 0 Å². The minimum Gasteiger partial charge on any atom is -0.461 e. The van der Waals surface area contributed by atoms with Gasteiger partial charge >= 0.3 is 11.2 Å². The third-order valence-electron chi connectivity index (χ3n) is 1.66. The zero-order chi connectivity index (χ0) is 12.5. The summed E-state index contributed by atoms with van der Waals surface area (Å²) in [4.78, 5) is 10.8. The number of ether oxygens (including phenoxy) is 1. The Morgan fingerprint density at radius 3 is 1.93 bits per heavy atom. The average Bonchev–Trinajstić information content (AvgIpc) is 2.02. The number of rotatable bonds is 3. The maximum Gasteiger partial charge on any atom is 0.440 e. The fraction of sp³-hybridized carbons (Fsp3) is 0.875. The van der Waals surface area contributed by atoms with E-state index in [1.807, 2.05) is 0 Å². The van der Waals surface area contributed by atoms with Gasteiger partial charge in [-0.25, -0.2) is 13.2 Å². The van der Waals surface area contributed by atoms with E-state index >= 15 is 0 Å². The third-order valence-corrected chi connectivity index (χ3v) is 4.11. The van der Waals surface area contributed by atoms with Crippen LogP contribution in [0.15, 0.2) is 0 Å². The van der Waals surface area contributed by atoms with Crippen molar-refractivity contribution in [3.63, 3.8) is 0 Å². The number of carbonyl (C=O) groups is 1. The lowest BCUT2D eigenvalue weighted by Crippen LogP contribution is -2.48. The molecule has 0 aromatic heterocycles. The Labute approximate surface area is 87.5 Å². The second-order valence-corrected chi connectivity index (χ2v) is 6.60. The van der Waals surface area contributed by atoms with E-state index in [0.717, 1.165) is 20.8 Å². The van der Waals surface area contributed by atoms with Crippen molar-refractivity contribution in [3.8, 4) is 0 Å². The molecule has 0 bridgehead atoms. The van der Waals surface area contributed by atoms with E-state index in [9.17, 15) is 22.0 Å². The summed E-state index contributed by atoms with van der Waals surface area (Å²) in [5.41, 5.74) is 0. The number of halogens is 2. The first-order valence-electron chi connectivity index (χ1n) is 4.27. The Balaban J connectivity index is 5.31. The highest BCUT2D eigenvalue weighted by Gasteiger charge is 2.59. The van der Waals surface area contributed by atoms with Gasteiger partial charge in [0.1, 0.15) is 0 Å². The van der Waals surface area contributed by atoms with Crippen molar-refractivity contribution in [2.75, 3.05) is 6.61 Å². The molecule has 0 saturated carbocycles. The summed E-state index contributed by atoms with van der Waals surface area (Å²) < 4.78 is 51.4. The van der Waals surface area contributed by atoms with Crippen LogP contribution in [0.2, 0.25) is 0 Å². The summed E-state index contributed by atoms with van der Waals surface area (Å²) in [6, 6.07) is 0. The largest absolute Gasteiger partial charge is 0.461 e. The van der Waals surface area contributed by atoms with Crippen molar-refractivity contribution in [3.05, 3.63) is 0 Å². The first kappa shape index (κ1) is 14.3. The van der Waals surface area contributed by atoms with Gasteiger partial charge in [-0.3, -0.25) is 0 Å². The summed E-state index contributed by atoms with van der Waals surface area (Å²) in [6.45, 7) is 4.30. The van der Waals surface area contributed by atoms with Crippen LogP contribution in [0.3, 0.4) is 0 Å². The molecule has 0 atom stereocenters. The van der Waals surface area contributed by atoms with Gasteiger partial charge in [0.05, 0.1) is 11.4 Å². The fourth-order valence-corrected chi connectivity index (χ4v) is 1.76. The van der Waals surface area contributed by atoms with Crippen molar-refractivity contribution >= 4 is 15.8 Å². The van der Waals surface area contributed by atoms with Crippen molar-refractivity contribution in [2.24, 2.45) is 0 Å². The molecule has 0 unspecified atom stereocenters. The molecular weight excluding hydrogens is 230 g/mol. The second-order valence-electron chi connectivity index (χ2n) is 3.85. The van der Waals surface area contributed by atoms with E-state index in [-0.39, 0.29) is 6.61 Å². The van der Waals surface area contributed by atoms with Gasteiger partial charge in [-0.1, -0.05) is 0 Å². The Hall–Kier alpha value is -0.720. The molecule has 0 aliphatic heterocycles. The number of hydrogen-bond donors (Lipinski definition) is 0. The maximum absolute atomic E-state index is 13.2. The topological polar surface area (TPSA) is 60.4 Å². The standard InChI is InChI=1S/C8H14F2O4S/c1-5-14-6(11)8(9,10)15(12,13)7(2,3)4/h5H2,1-4H3. The van der Waals surface area contributed by atoms with Crippen LogP contribution in [0.4, 0.5) is 8.78 Å². The highest BCUT2D eigenvalue weighted by atomic mass is 32.2. The lowest BCUT2D eigenvalue weighted by atomic mass is 10.3. The van der Waals surface area contributed by atoms with Crippen molar-refractivity contribution in [1.82, 2.24) is 0 Å². The summed E-state index contributed by atoms with van der Waals surface area (Å²) in [5, 5.41) is -4.50. The molecule has 4 nitrogen and oxygen atoms in total. The minimum absolute atomic E-state index is 0.298. The SMILES string of the molecule is CCOC(=O)C(F)(F)S(=O)(=O)C(C)(C)C. The Bertz CT molecular complexity index is 340. The van der Waals surface area contributed by atoms with E-state index in [2.05, 4.69) is 4.74 Å². The molecule has 0 N–H and O–H groups in total. The predicted octanol–water partition coefficient (Wildman–Crippen LogP) is 1.36. The van der Waals surface area contributed by atoms with Gasteiger partial charge in [-0.2, -0.15) is 8.78 Å². The molecule has 0 aromatic carbocycles. The van der Waals surface area contributed by atoms with Crippen LogP contribution >= 0.6 is 0 Å². The molecule has 0 saturated heterocycles. The van der Waals surface area contributed by atoms with Crippen LogP contribution in [0.5, 0.6) is 0 Å². The molecule has 0 rings (SSSR count). The molecule has 0 heterocycles. The summed E-state index contributed by atoms with van der Waals surface area (Å²) >= 11 is 0. The molecule has 0 amide bonds. The number of sulfone groups is 1. The monoisotopic (exact) mass is 244 g/mol. The van der Waals surface area contributed by atoms with Crippen LogP contribution in [-0.4, -0.2) is 31.0 Å². The highest BCUT2D eigenvalue weighted by Crippen LogP contribution is 2.33. The molecule has 0 radical (unpaired) electrons. The highest BCUT2D eigenvalue weighted by molar-refractivity contribution is 7.94. The molecule has 90 valence electrons. The van der Waals surface area contributed by atoms with Crippen LogP contribution in [0, 0.1) is 0 Å². The van der Waals surface area contributed by atoms with Crippen molar-refractivity contribution < 1.29 is 26.7 Å². The Morgan fingerprint density at radius 2 is 1.67 bits per heavy atom. The van der Waals surface area contributed by atoms with Crippen LogP contribution in [0.1, 0.15) is 27.7 Å². The molecule has 0 fully saturated rings. The van der Waals surface area contributed by atoms with Gasteiger partial charge in [0.15, 0.2) is 0 Å². The summed E-state index contributed by atoms with van der Waals surface area (Å²) in [7, 11) is -4.91. The van der Waals surface area contributed by atoms with Crippen LogP contribution in [0.25, 0.3) is 0 Å². The second kappa shape index (κ2) is 4.03. The van der Waals surface area contributed by atoms with Crippen molar-refractivity contribution in [1.29, 1.82) is 0 Å². The normalized spacial score (nSPS) is 13.7. The lowest BCUT2D eigenvalue weighted by molar-refractivity contribution is -0.160. The summed E-state index contributed by atoms with van der Waals surface area (Å²) in [6.07, 6.45) is 0. The molecule has 15 heavy (non-hydrogen) atoms. The van der Waals surface area contributed by atoms with Gasteiger partial charge in [-0.05, 0) is 27.7 Å². The van der Waals surface area contributed by atoms with Gasteiger partial charge in [-0.15, -0.1) is 0 Å². The number of alkyl halides is 2. The van der Waals surface area contributed by atoms with Crippen LogP contribution in [-0.2, 0) is 19.4 Å². The fourth-order valence-electron chi connectivity index (χ4n) is 0.709. The number of esters is 1. The van der Waals surface area contributed by atoms with E-state index < -0.39 is 25.8 Å². The van der Waals surface area contributed by atoms with E-state index in [1.165, 1.54) is 6.92 Å². The zero-order valence-electron chi connectivity index (χ0n) is 9.00. The zero-order valence-corrected chi connectivity index (χ0v) is 9.82. The first-order valence-corrected chi connectivity index (χ1v) is 5.76. The maximum atomic E-state index is 13.2. The van der Waals surface area contributed by atoms with E-state index in [4.69, 9.17) is 0 Å². The number of hydrogen-bond acceptors (Lipinski definition) is 4. The molecule has 0 aliphatic rings. The van der Waals surface area contributed by atoms with Crippen molar-refractivity contribution in [2.45, 2.75) is 37.7 Å². The minimum atomic E-state index is -4.91. The van der Waals surface area contributed by atoms with Gasteiger partial charge in [0.2, 0.25) is 9.84 Å². The van der Waals surface area contributed by atoms with Gasteiger partial charge < -0.3 is 4.74 Å². The molecule has 0 aromatic rings. The van der Waals surface area contributed by atoms with Crippen LogP contribution < -0.4 is 0 Å². The third kappa shape index (κ3) is 2.45. The quantitative estimate of drug-likeness (QED) is 0.703. The average molecular weight is 244 g/mol. The van der Waals surface area contributed by atoms with Gasteiger partial charge in [0.25, 0.3) is 0 Å². The number of carbonyl (C=O) groups excluding carboxylic acids is 1. The Kier molecular flexibility index (Phi) is 3.84. The molecule has 0 spiro atoms.